The molecule has 0 saturated heterocycles. The van der Waals surface area contributed by atoms with Crippen molar-refractivity contribution in [3.63, 3.8) is 0 Å². The minimum atomic E-state index is 0.103. The van der Waals surface area contributed by atoms with E-state index >= 15 is 0 Å². The standard InChI is InChI=1S/C15H20N2O/c1-12(2)8-9-17(3)11-15(18)14-6-4-13(10-16)5-7-14/h4-7,12H,8-9,11H2,1-3H3. The lowest BCUT2D eigenvalue weighted by Crippen LogP contribution is -2.27. The highest BCUT2D eigenvalue weighted by molar-refractivity contribution is 5.97. The number of likely N-dealkylation sites (N-methyl/N-ethyl adjacent to an activating group) is 1. The van der Waals surface area contributed by atoms with Crippen LogP contribution in [0.4, 0.5) is 0 Å². The van der Waals surface area contributed by atoms with E-state index in [0.29, 0.717) is 23.6 Å². The molecule has 0 heterocycles. The summed E-state index contributed by atoms with van der Waals surface area (Å²) in [6.07, 6.45) is 1.09. The van der Waals surface area contributed by atoms with Crippen molar-refractivity contribution >= 4 is 5.78 Å². The van der Waals surface area contributed by atoms with Gasteiger partial charge in [-0.15, -0.1) is 0 Å². The van der Waals surface area contributed by atoms with Gasteiger partial charge in [-0.3, -0.25) is 9.69 Å². The minimum absolute atomic E-state index is 0.103. The summed E-state index contributed by atoms with van der Waals surface area (Å²) in [5, 5.41) is 8.69. The molecule has 96 valence electrons. The average molecular weight is 244 g/mol. The van der Waals surface area contributed by atoms with E-state index in [2.05, 4.69) is 13.8 Å². The van der Waals surface area contributed by atoms with Gasteiger partial charge in [-0.05, 0) is 38.1 Å². The zero-order chi connectivity index (χ0) is 13.5. The third-order valence-electron chi connectivity index (χ3n) is 2.84. The number of nitrogens with zero attached hydrogens (tertiary/aromatic N) is 2. The Bertz CT molecular complexity index is 429. The SMILES string of the molecule is CC(C)CCN(C)CC(=O)c1ccc(C#N)cc1. The van der Waals surface area contributed by atoms with Gasteiger partial charge in [-0.2, -0.15) is 5.26 Å². The lowest BCUT2D eigenvalue weighted by Gasteiger charge is -2.16. The Morgan fingerprint density at radius 3 is 2.44 bits per heavy atom. The fourth-order valence-corrected chi connectivity index (χ4v) is 1.62. The summed E-state index contributed by atoms with van der Waals surface area (Å²) in [5.74, 6) is 0.753. The number of rotatable bonds is 6. The number of benzene rings is 1. The van der Waals surface area contributed by atoms with Crippen LogP contribution in [0.25, 0.3) is 0 Å². The van der Waals surface area contributed by atoms with Crippen molar-refractivity contribution in [3.8, 4) is 6.07 Å². The molecule has 0 unspecified atom stereocenters. The summed E-state index contributed by atoms with van der Waals surface area (Å²) < 4.78 is 0. The van der Waals surface area contributed by atoms with Gasteiger partial charge in [0.25, 0.3) is 0 Å². The predicted molar refractivity (Wildman–Crippen MR) is 72.4 cm³/mol. The molecule has 0 aromatic heterocycles. The first-order chi connectivity index (χ1) is 8.52. The van der Waals surface area contributed by atoms with Gasteiger partial charge in [0, 0.05) is 5.56 Å². The van der Waals surface area contributed by atoms with Gasteiger partial charge in [0.05, 0.1) is 18.2 Å². The van der Waals surface area contributed by atoms with Crippen LogP contribution < -0.4 is 0 Å². The molecule has 0 bridgehead atoms. The Hall–Kier alpha value is -1.66. The summed E-state index contributed by atoms with van der Waals surface area (Å²) in [4.78, 5) is 14.0. The second-order valence-electron chi connectivity index (χ2n) is 5.03. The van der Waals surface area contributed by atoms with Crippen LogP contribution in [0.5, 0.6) is 0 Å². The Balaban J connectivity index is 2.51. The fourth-order valence-electron chi connectivity index (χ4n) is 1.62. The number of carbonyl (C=O) groups excluding carboxylic acids is 1. The van der Waals surface area contributed by atoms with Crippen LogP contribution in [-0.2, 0) is 0 Å². The maximum absolute atomic E-state index is 12.0. The van der Waals surface area contributed by atoms with E-state index in [1.807, 2.05) is 18.0 Å². The van der Waals surface area contributed by atoms with Gasteiger partial charge in [-0.1, -0.05) is 26.0 Å². The van der Waals surface area contributed by atoms with Crippen molar-refractivity contribution in [2.24, 2.45) is 5.92 Å². The van der Waals surface area contributed by atoms with E-state index in [-0.39, 0.29) is 5.78 Å². The second kappa shape index (κ2) is 6.93. The third-order valence-corrected chi connectivity index (χ3v) is 2.84. The van der Waals surface area contributed by atoms with Crippen molar-refractivity contribution in [1.82, 2.24) is 4.90 Å². The van der Waals surface area contributed by atoms with Gasteiger partial charge >= 0.3 is 0 Å². The number of carbonyl (C=O) groups is 1. The fraction of sp³-hybridized carbons (Fsp3) is 0.467. The molecule has 0 aliphatic heterocycles. The average Bonchev–Trinajstić information content (AvgIpc) is 2.36. The number of ketones is 1. The first-order valence-corrected chi connectivity index (χ1v) is 6.25. The van der Waals surface area contributed by atoms with Gasteiger partial charge in [0.15, 0.2) is 5.78 Å². The quantitative estimate of drug-likeness (QED) is 0.723. The molecule has 1 aromatic carbocycles. The molecule has 0 atom stereocenters. The van der Waals surface area contributed by atoms with Crippen LogP contribution in [0.1, 0.15) is 36.2 Å². The monoisotopic (exact) mass is 244 g/mol. The molecule has 0 aliphatic carbocycles. The Labute approximate surface area is 109 Å². The van der Waals surface area contributed by atoms with E-state index in [4.69, 9.17) is 5.26 Å². The minimum Gasteiger partial charge on any atom is -0.299 e. The lowest BCUT2D eigenvalue weighted by molar-refractivity contribution is 0.0944. The van der Waals surface area contributed by atoms with Crippen LogP contribution in [0, 0.1) is 17.2 Å². The number of hydrogen-bond acceptors (Lipinski definition) is 3. The van der Waals surface area contributed by atoms with E-state index < -0.39 is 0 Å². The van der Waals surface area contributed by atoms with Crippen LogP contribution in [0.2, 0.25) is 0 Å². The first-order valence-electron chi connectivity index (χ1n) is 6.25. The molecule has 0 amide bonds. The smallest absolute Gasteiger partial charge is 0.176 e. The molecule has 0 saturated carbocycles. The van der Waals surface area contributed by atoms with E-state index in [0.717, 1.165) is 13.0 Å². The van der Waals surface area contributed by atoms with Crippen LogP contribution in [-0.4, -0.2) is 30.8 Å². The molecule has 0 spiro atoms. The van der Waals surface area contributed by atoms with Crippen molar-refractivity contribution in [3.05, 3.63) is 35.4 Å². The van der Waals surface area contributed by atoms with Crippen LogP contribution in [0.15, 0.2) is 24.3 Å². The highest BCUT2D eigenvalue weighted by atomic mass is 16.1. The van der Waals surface area contributed by atoms with Crippen LogP contribution in [0.3, 0.4) is 0 Å². The summed E-state index contributed by atoms with van der Waals surface area (Å²) in [6, 6.07) is 8.85. The van der Waals surface area contributed by atoms with Crippen molar-refractivity contribution in [1.29, 1.82) is 5.26 Å². The topological polar surface area (TPSA) is 44.1 Å². The van der Waals surface area contributed by atoms with E-state index in [9.17, 15) is 4.79 Å². The number of Topliss-reactive ketones (excluding diaryl/α,β-unsaturated/α-hetero) is 1. The van der Waals surface area contributed by atoms with Gasteiger partial charge in [0.2, 0.25) is 0 Å². The maximum Gasteiger partial charge on any atom is 0.176 e. The van der Waals surface area contributed by atoms with Crippen LogP contribution >= 0.6 is 0 Å². The normalized spacial score (nSPS) is 10.7. The molecule has 0 N–H and O–H groups in total. The lowest BCUT2D eigenvalue weighted by atomic mass is 10.1. The Morgan fingerprint density at radius 1 is 1.33 bits per heavy atom. The van der Waals surface area contributed by atoms with E-state index in [1.54, 1.807) is 24.3 Å². The van der Waals surface area contributed by atoms with Crippen molar-refractivity contribution in [2.45, 2.75) is 20.3 Å². The zero-order valence-corrected chi connectivity index (χ0v) is 11.3. The van der Waals surface area contributed by atoms with Crippen molar-refractivity contribution in [2.75, 3.05) is 20.1 Å². The van der Waals surface area contributed by atoms with Crippen molar-refractivity contribution < 1.29 is 4.79 Å². The summed E-state index contributed by atoms with van der Waals surface area (Å²) in [6.45, 7) is 5.71. The molecular formula is C15H20N2O. The third kappa shape index (κ3) is 4.68. The summed E-state index contributed by atoms with van der Waals surface area (Å²) >= 11 is 0. The largest absolute Gasteiger partial charge is 0.299 e. The molecule has 3 heteroatoms. The van der Waals surface area contributed by atoms with Gasteiger partial charge in [-0.25, -0.2) is 0 Å². The molecule has 1 aromatic rings. The second-order valence-corrected chi connectivity index (χ2v) is 5.03. The number of hydrogen-bond donors (Lipinski definition) is 0. The molecule has 0 fully saturated rings. The van der Waals surface area contributed by atoms with Gasteiger partial charge in [0.1, 0.15) is 0 Å². The Morgan fingerprint density at radius 2 is 1.94 bits per heavy atom. The molecule has 3 nitrogen and oxygen atoms in total. The van der Waals surface area contributed by atoms with E-state index in [1.165, 1.54) is 0 Å². The highest BCUT2D eigenvalue weighted by Gasteiger charge is 2.09. The molecular weight excluding hydrogens is 224 g/mol. The summed E-state index contributed by atoms with van der Waals surface area (Å²) in [5.41, 5.74) is 1.25. The first kappa shape index (κ1) is 14.4. The zero-order valence-electron chi connectivity index (χ0n) is 11.3. The Kier molecular flexibility index (Phi) is 5.54. The highest BCUT2D eigenvalue weighted by Crippen LogP contribution is 2.06. The maximum atomic E-state index is 12.0. The summed E-state index contributed by atoms with van der Waals surface area (Å²) in [7, 11) is 1.96. The molecule has 0 radical (unpaired) electrons. The number of nitriles is 1. The molecule has 1 rings (SSSR count). The molecule has 18 heavy (non-hydrogen) atoms. The van der Waals surface area contributed by atoms with Gasteiger partial charge < -0.3 is 0 Å². The molecule has 0 aliphatic rings. The predicted octanol–water partition coefficient (Wildman–Crippen LogP) is 2.72.